The summed E-state index contributed by atoms with van der Waals surface area (Å²) >= 11 is 0. The standard InChI is InChI=1S/C20H33N3O/c1-7-23(8-2)17-10-11-18-16(3)14-20(24-19(18)15-17)22(6)13-9-12-21(4)5/h10-11,14-15,20H,7-9,12-13H2,1-6H3/p+1. The summed E-state index contributed by atoms with van der Waals surface area (Å²) in [6, 6.07) is 6.69. The Bertz CT molecular complexity index is 564. The summed E-state index contributed by atoms with van der Waals surface area (Å²) in [5, 5.41) is 0. The molecule has 1 unspecified atom stereocenters. The van der Waals surface area contributed by atoms with Gasteiger partial charge in [-0.2, -0.15) is 0 Å². The summed E-state index contributed by atoms with van der Waals surface area (Å²) in [5.41, 5.74) is 3.87. The van der Waals surface area contributed by atoms with Gasteiger partial charge in [0.1, 0.15) is 0 Å². The molecule has 0 saturated carbocycles. The fraction of sp³-hybridized carbons (Fsp3) is 0.600. The predicted octanol–water partition coefficient (Wildman–Crippen LogP) is 3.40. The van der Waals surface area contributed by atoms with E-state index in [-0.39, 0.29) is 6.23 Å². The van der Waals surface area contributed by atoms with E-state index in [0.717, 1.165) is 38.3 Å². The molecule has 0 aromatic heterocycles. The minimum atomic E-state index is 0.145. The highest BCUT2D eigenvalue weighted by Gasteiger charge is 2.26. The van der Waals surface area contributed by atoms with Gasteiger partial charge in [-0.1, -0.05) is 0 Å². The highest BCUT2D eigenvalue weighted by atomic mass is 16.5. The van der Waals surface area contributed by atoms with Crippen molar-refractivity contribution in [3.8, 4) is 5.75 Å². The zero-order valence-corrected chi connectivity index (χ0v) is 16.2. The molecule has 0 radical (unpaired) electrons. The molecule has 1 aromatic rings. The number of allylic oxidation sites excluding steroid dienone is 1. The van der Waals surface area contributed by atoms with Crippen LogP contribution in [0.5, 0.6) is 5.75 Å². The molecule has 0 saturated heterocycles. The van der Waals surface area contributed by atoms with Gasteiger partial charge in [0.25, 0.3) is 12.0 Å². The molecular formula is C20H34N3O+. The second kappa shape index (κ2) is 8.54. The Morgan fingerprint density at radius 1 is 1.04 bits per heavy atom. The molecule has 0 fully saturated rings. The largest absolute Gasteiger partial charge is 0.566 e. The molecule has 134 valence electrons. The number of hydrogen-bond donors (Lipinski definition) is 0. The summed E-state index contributed by atoms with van der Waals surface area (Å²) < 4.78 is 5.01. The Labute approximate surface area is 147 Å². The lowest BCUT2D eigenvalue weighted by molar-refractivity contribution is -0.0756. The van der Waals surface area contributed by atoms with Gasteiger partial charge in [-0.25, -0.2) is 4.90 Å². The van der Waals surface area contributed by atoms with Crippen LogP contribution in [0.25, 0.3) is 5.57 Å². The second-order valence-electron chi connectivity index (χ2n) is 6.90. The number of rotatable bonds is 8. The summed E-state index contributed by atoms with van der Waals surface area (Å²) in [6.07, 6.45) is 3.59. The zero-order chi connectivity index (χ0) is 17.7. The van der Waals surface area contributed by atoms with E-state index in [1.54, 1.807) is 0 Å². The van der Waals surface area contributed by atoms with Crippen LogP contribution in [0.4, 0.5) is 5.69 Å². The molecule has 1 aromatic carbocycles. The average Bonchev–Trinajstić information content (AvgIpc) is 2.55. The highest BCUT2D eigenvalue weighted by Crippen LogP contribution is 2.36. The van der Waals surface area contributed by atoms with Crippen LogP contribution in [0, 0.1) is 0 Å². The Kier molecular flexibility index (Phi) is 6.69. The molecule has 1 N–H and O–H groups in total. The van der Waals surface area contributed by atoms with Crippen molar-refractivity contribution in [3.05, 3.63) is 29.8 Å². The fourth-order valence-electron chi connectivity index (χ4n) is 3.23. The summed E-state index contributed by atoms with van der Waals surface area (Å²) in [6.45, 7) is 10.8. The number of aromatic hydroxyl groups is 1. The molecule has 2 rings (SSSR count). The van der Waals surface area contributed by atoms with Crippen molar-refractivity contribution in [1.29, 1.82) is 0 Å². The third-order valence-electron chi connectivity index (χ3n) is 4.77. The van der Waals surface area contributed by atoms with Crippen LogP contribution in [0.1, 0.15) is 32.8 Å². The molecule has 1 atom stereocenters. The molecule has 4 heteroatoms. The Morgan fingerprint density at radius 3 is 2.38 bits per heavy atom. The van der Waals surface area contributed by atoms with Crippen LogP contribution in [0.3, 0.4) is 0 Å². The van der Waals surface area contributed by atoms with Gasteiger partial charge in [-0.15, -0.1) is 0 Å². The maximum Gasteiger partial charge on any atom is 0.265 e. The predicted molar refractivity (Wildman–Crippen MR) is 105 cm³/mol. The van der Waals surface area contributed by atoms with E-state index in [1.165, 1.54) is 16.8 Å². The van der Waals surface area contributed by atoms with Crippen LogP contribution in [0.15, 0.2) is 24.3 Å². The first kappa shape index (κ1) is 18.8. The minimum absolute atomic E-state index is 0.145. The molecule has 0 spiro atoms. The van der Waals surface area contributed by atoms with Crippen molar-refractivity contribution in [3.63, 3.8) is 0 Å². The minimum Gasteiger partial charge on any atom is -0.566 e. The molecular weight excluding hydrogens is 298 g/mol. The average molecular weight is 333 g/mol. The molecule has 1 aliphatic rings. The van der Waals surface area contributed by atoms with E-state index >= 15 is 0 Å². The summed E-state index contributed by atoms with van der Waals surface area (Å²) in [4.78, 5) is 6.96. The van der Waals surface area contributed by atoms with Crippen molar-refractivity contribution in [1.82, 2.24) is 9.80 Å². The van der Waals surface area contributed by atoms with Gasteiger partial charge in [-0.05, 0) is 72.6 Å². The van der Waals surface area contributed by atoms with Crippen molar-refractivity contribution in [2.24, 2.45) is 0 Å². The van der Waals surface area contributed by atoms with E-state index in [2.05, 4.69) is 80.9 Å². The molecule has 24 heavy (non-hydrogen) atoms. The summed E-state index contributed by atoms with van der Waals surface area (Å²) in [7, 11) is 6.42. The fourth-order valence-corrected chi connectivity index (χ4v) is 3.23. The van der Waals surface area contributed by atoms with Gasteiger partial charge in [-0.3, -0.25) is 0 Å². The van der Waals surface area contributed by atoms with Crippen molar-refractivity contribution >= 4 is 11.3 Å². The molecule has 1 aliphatic heterocycles. The Hall–Kier alpha value is -1.52. The molecule has 0 bridgehead atoms. The number of aliphatic hydroxyl groups is 1. The Balaban J connectivity index is 2.12. The maximum absolute atomic E-state index is 5.01. The van der Waals surface area contributed by atoms with Crippen molar-refractivity contribution < 1.29 is 4.74 Å². The van der Waals surface area contributed by atoms with E-state index < -0.39 is 0 Å². The van der Waals surface area contributed by atoms with E-state index in [1.807, 2.05) is 0 Å². The number of benzene rings is 1. The zero-order valence-electron chi connectivity index (χ0n) is 16.2. The van der Waals surface area contributed by atoms with Crippen molar-refractivity contribution in [2.45, 2.75) is 33.4 Å². The lowest BCUT2D eigenvalue weighted by Gasteiger charge is -2.29. The quantitative estimate of drug-likeness (QED) is 0.681. The molecule has 0 aliphatic carbocycles. The second-order valence-corrected chi connectivity index (χ2v) is 6.90. The van der Waals surface area contributed by atoms with Crippen LogP contribution < -0.4 is 4.90 Å². The Morgan fingerprint density at radius 2 is 1.75 bits per heavy atom. The van der Waals surface area contributed by atoms with Gasteiger partial charge >= 0.3 is 0 Å². The lowest BCUT2D eigenvalue weighted by atomic mass is 10.0. The summed E-state index contributed by atoms with van der Waals surface area (Å²) in [5.74, 6) is 1.13. The first-order valence-electron chi connectivity index (χ1n) is 9.09. The van der Waals surface area contributed by atoms with E-state index in [9.17, 15) is 0 Å². The van der Waals surface area contributed by atoms with E-state index in [0.29, 0.717) is 0 Å². The SMILES string of the molecule is CCN(CC)c1ccc2c(c1)[OH+]C(N(C)CCCN(C)C)C=C2C. The number of fused-ring (bicyclic) bond motifs is 1. The lowest BCUT2D eigenvalue weighted by Crippen LogP contribution is -2.36. The number of ether oxygens (including phenoxy) is 1. The number of anilines is 1. The van der Waals surface area contributed by atoms with Gasteiger partial charge in [0.2, 0.25) is 0 Å². The van der Waals surface area contributed by atoms with Crippen LogP contribution >= 0.6 is 0 Å². The highest BCUT2D eigenvalue weighted by molar-refractivity contribution is 5.73. The van der Waals surface area contributed by atoms with Crippen LogP contribution in [-0.2, 0) is 0 Å². The number of hydrogen-bond acceptors (Lipinski definition) is 3. The van der Waals surface area contributed by atoms with Gasteiger partial charge in [0.05, 0.1) is 11.6 Å². The van der Waals surface area contributed by atoms with Gasteiger partial charge in [0, 0.05) is 31.4 Å². The maximum atomic E-state index is 5.01. The van der Waals surface area contributed by atoms with Gasteiger partial charge in [0.15, 0.2) is 0 Å². The third-order valence-corrected chi connectivity index (χ3v) is 4.77. The third kappa shape index (κ3) is 4.52. The molecule has 0 amide bonds. The van der Waals surface area contributed by atoms with Crippen LogP contribution in [0.2, 0.25) is 0 Å². The smallest absolute Gasteiger partial charge is 0.265 e. The first-order chi connectivity index (χ1) is 11.5. The normalized spacial score (nSPS) is 16.8. The topological polar surface area (TPSA) is 22.5 Å². The number of likely N-dealkylation sites (N-methyl/N-ethyl adjacent to an activating group) is 1. The van der Waals surface area contributed by atoms with E-state index in [4.69, 9.17) is 4.74 Å². The number of nitrogens with zero attached hydrogens (tertiary/aromatic N) is 3. The molecule has 4 nitrogen and oxygen atoms in total. The first-order valence-corrected chi connectivity index (χ1v) is 9.09. The van der Waals surface area contributed by atoms with Gasteiger partial charge < -0.3 is 14.5 Å². The van der Waals surface area contributed by atoms with Crippen molar-refractivity contribution in [2.75, 3.05) is 52.2 Å². The molecule has 1 heterocycles. The monoisotopic (exact) mass is 332 g/mol. The van der Waals surface area contributed by atoms with Crippen LogP contribution in [-0.4, -0.2) is 68.1 Å².